The van der Waals surface area contributed by atoms with Gasteiger partial charge in [-0.2, -0.15) is 0 Å². The maximum atomic E-state index is 13.8. The van der Waals surface area contributed by atoms with E-state index < -0.39 is 5.91 Å². The number of rotatable bonds is 5. The number of thioether (sulfide) groups is 1. The summed E-state index contributed by atoms with van der Waals surface area (Å²) in [5, 5.41) is 0.470. The Balaban J connectivity index is 1.47. The summed E-state index contributed by atoms with van der Waals surface area (Å²) in [5.41, 5.74) is 2.45. The molecule has 4 heterocycles. The number of anilines is 1. The average molecular weight is 598 g/mol. The van der Waals surface area contributed by atoms with E-state index in [1.807, 2.05) is 73.7 Å². The largest absolute Gasteiger partial charge is 0.296 e. The normalized spacial score (nSPS) is 14.5. The van der Waals surface area contributed by atoms with E-state index in [9.17, 15) is 14.4 Å². The van der Waals surface area contributed by atoms with E-state index in [1.54, 1.807) is 37.0 Å². The smallest absolute Gasteiger partial charge is 0.283 e. The Morgan fingerprint density at radius 1 is 0.902 bits per heavy atom. The van der Waals surface area contributed by atoms with Crippen molar-refractivity contribution in [3.63, 3.8) is 0 Å². The molecule has 0 atom stereocenters. The second-order valence-corrected chi connectivity index (χ2v) is 12.2. The van der Waals surface area contributed by atoms with Gasteiger partial charge < -0.3 is 0 Å². The first-order valence-corrected chi connectivity index (χ1v) is 14.7. The van der Waals surface area contributed by atoms with Crippen molar-refractivity contribution < 1.29 is 4.79 Å². The van der Waals surface area contributed by atoms with E-state index in [0.29, 0.717) is 22.1 Å². The lowest BCUT2D eigenvalue weighted by atomic mass is 10.2. The Hall–Kier alpha value is -4.19. The van der Waals surface area contributed by atoms with Crippen LogP contribution in [0.1, 0.15) is 16.8 Å². The first kappa shape index (κ1) is 27.0. The van der Waals surface area contributed by atoms with Crippen molar-refractivity contribution in [2.75, 3.05) is 4.90 Å². The van der Waals surface area contributed by atoms with Crippen LogP contribution in [0.25, 0.3) is 17.4 Å². The molecule has 0 saturated carbocycles. The Bertz CT molecular complexity index is 2010. The topological polar surface area (TPSA) is 81.6 Å². The molecule has 8 nitrogen and oxygen atoms in total. The summed E-state index contributed by atoms with van der Waals surface area (Å²) in [4.78, 5) is 48.4. The van der Waals surface area contributed by atoms with Crippen LogP contribution in [0.5, 0.6) is 0 Å². The van der Waals surface area contributed by atoms with E-state index in [1.165, 1.54) is 25.7 Å². The number of carbonyl (C=O) groups excluding carboxylic acids is 1. The summed E-state index contributed by atoms with van der Waals surface area (Å²) >= 11 is 8.02. The molecule has 5 aromatic rings. The van der Waals surface area contributed by atoms with Crippen molar-refractivity contribution in [1.29, 1.82) is 0 Å². The molecule has 1 amide bonds. The van der Waals surface area contributed by atoms with Gasteiger partial charge in [-0.1, -0.05) is 78.2 Å². The van der Waals surface area contributed by atoms with Crippen LogP contribution in [-0.4, -0.2) is 29.0 Å². The molecule has 0 N–H and O–H groups in total. The van der Waals surface area contributed by atoms with Crippen molar-refractivity contribution in [2.45, 2.75) is 23.8 Å². The van der Waals surface area contributed by atoms with Gasteiger partial charge in [0.05, 0.1) is 21.8 Å². The van der Waals surface area contributed by atoms with E-state index in [4.69, 9.17) is 17.2 Å². The van der Waals surface area contributed by atoms with E-state index in [0.717, 1.165) is 22.2 Å². The lowest BCUT2D eigenvalue weighted by Gasteiger charge is -2.12. The summed E-state index contributed by atoms with van der Waals surface area (Å²) < 4.78 is 4.90. The highest BCUT2D eigenvalue weighted by atomic mass is 32.2. The van der Waals surface area contributed by atoms with Gasteiger partial charge in [0.25, 0.3) is 17.0 Å². The first-order chi connectivity index (χ1) is 19.7. The van der Waals surface area contributed by atoms with Crippen molar-refractivity contribution >= 4 is 63.4 Å². The van der Waals surface area contributed by atoms with Gasteiger partial charge in [-0.05, 0) is 55.8 Å². The fraction of sp³-hybridized carbons (Fsp3) is 0.100. The molecule has 6 rings (SSSR count). The first-order valence-electron chi connectivity index (χ1n) is 12.6. The molecule has 0 radical (unpaired) electrons. The maximum absolute atomic E-state index is 13.8. The van der Waals surface area contributed by atoms with Crippen molar-refractivity contribution in [1.82, 2.24) is 18.7 Å². The van der Waals surface area contributed by atoms with Gasteiger partial charge in [-0.25, -0.2) is 9.67 Å². The molecule has 2 aromatic carbocycles. The third kappa shape index (κ3) is 4.75. The van der Waals surface area contributed by atoms with Crippen LogP contribution >= 0.6 is 35.7 Å². The molecule has 0 spiro atoms. The number of benzene rings is 2. The molecule has 0 aliphatic carbocycles. The maximum Gasteiger partial charge on any atom is 0.296 e. The highest BCUT2D eigenvalue weighted by Crippen LogP contribution is 2.37. The zero-order valence-corrected chi connectivity index (χ0v) is 24.7. The van der Waals surface area contributed by atoms with Crippen LogP contribution < -0.4 is 16.0 Å². The Labute approximate surface area is 248 Å². The van der Waals surface area contributed by atoms with Gasteiger partial charge in [-0.15, -0.1) is 0 Å². The standard InChI is InChI=1S/C30H23N5O3S3/c1-18-14-15-24-31-26(40-21-12-8-5-9-13-21)22(27(36)33(24)17-18)16-23-28(37)34(30(39)41-23)25-19(2)32(3)35(29(25)38)20-10-6-4-7-11-20/h4-17H,1-3H3. The molecule has 204 valence electrons. The van der Waals surface area contributed by atoms with Crippen LogP contribution in [0, 0.1) is 13.8 Å². The number of pyridine rings is 1. The van der Waals surface area contributed by atoms with Gasteiger partial charge in [0.2, 0.25) is 0 Å². The second kappa shape index (κ2) is 10.7. The van der Waals surface area contributed by atoms with Crippen LogP contribution in [0.4, 0.5) is 5.69 Å². The molecule has 1 fully saturated rings. The van der Waals surface area contributed by atoms with Gasteiger partial charge in [0, 0.05) is 18.1 Å². The number of thiocarbonyl (C=S) groups is 1. The lowest BCUT2D eigenvalue weighted by Crippen LogP contribution is -2.33. The van der Waals surface area contributed by atoms with E-state index in [-0.39, 0.29) is 31.6 Å². The second-order valence-electron chi connectivity index (χ2n) is 9.41. The Morgan fingerprint density at radius 3 is 2.29 bits per heavy atom. The molecule has 0 unspecified atom stereocenters. The van der Waals surface area contributed by atoms with Crippen LogP contribution in [0.2, 0.25) is 0 Å². The predicted molar refractivity (Wildman–Crippen MR) is 168 cm³/mol. The molecule has 11 heteroatoms. The zero-order chi connectivity index (χ0) is 28.8. The van der Waals surface area contributed by atoms with Crippen molar-refractivity contribution in [2.24, 2.45) is 7.05 Å². The Kier molecular flexibility index (Phi) is 7.02. The fourth-order valence-corrected chi connectivity index (χ4v) is 6.81. The monoisotopic (exact) mass is 597 g/mol. The van der Waals surface area contributed by atoms with Crippen LogP contribution in [0.3, 0.4) is 0 Å². The Morgan fingerprint density at radius 2 is 1.59 bits per heavy atom. The minimum atomic E-state index is -0.463. The van der Waals surface area contributed by atoms with Crippen molar-refractivity contribution in [3.05, 3.63) is 121 Å². The number of aryl methyl sites for hydroxylation is 1. The highest BCUT2D eigenvalue weighted by Gasteiger charge is 2.38. The SMILES string of the molecule is Cc1ccc2nc(Sc3ccccc3)c(C=C3SC(=S)N(c4c(C)n(C)n(-c5ccccc5)c4=O)C3=O)c(=O)n2c1. The molecule has 1 aliphatic rings. The summed E-state index contributed by atoms with van der Waals surface area (Å²) in [5.74, 6) is -0.463. The summed E-state index contributed by atoms with van der Waals surface area (Å²) in [6.07, 6.45) is 3.27. The lowest BCUT2D eigenvalue weighted by molar-refractivity contribution is -0.113. The summed E-state index contributed by atoms with van der Waals surface area (Å²) in [6, 6.07) is 22.5. The van der Waals surface area contributed by atoms with Crippen LogP contribution in [-0.2, 0) is 11.8 Å². The number of hydrogen-bond acceptors (Lipinski definition) is 7. The van der Waals surface area contributed by atoms with Gasteiger partial charge >= 0.3 is 0 Å². The van der Waals surface area contributed by atoms with Gasteiger partial charge in [0.15, 0.2) is 4.32 Å². The van der Waals surface area contributed by atoms with E-state index in [2.05, 4.69) is 0 Å². The third-order valence-electron chi connectivity index (χ3n) is 6.74. The molecular weight excluding hydrogens is 575 g/mol. The van der Waals surface area contributed by atoms with Gasteiger partial charge in [0.1, 0.15) is 16.4 Å². The number of para-hydroxylation sites is 1. The zero-order valence-electron chi connectivity index (χ0n) is 22.3. The quantitative estimate of drug-likeness (QED) is 0.153. The third-order valence-corrected chi connectivity index (χ3v) is 9.06. The predicted octanol–water partition coefficient (Wildman–Crippen LogP) is 5.36. The van der Waals surface area contributed by atoms with Gasteiger partial charge in [-0.3, -0.25) is 28.4 Å². The summed E-state index contributed by atoms with van der Waals surface area (Å²) in [6.45, 7) is 3.67. The van der Waals surface area contributed by atoms with Crippen LogP contribution in [0.15, 0.2) is 103 Å². The average Bonchev–Trinajstić information content (AvgIpc) is 3.36. The number of fused-ring (bicyclic) bond motifs is 1. The molecule has 1 aliphatic heterocycles. The fourth-order valence-electron chi connectivity index (χ4n) is 4.64. The number of amides is 1. The number of hydrogen-bond donors (Lipinski definition) is 0. The number of nitrogens with zero attached hydrogens (tertiary/aromatic N) is 5. The molecular formula is C30H23N5O3S3. The minimum absolute atomic E-state index is 0.185. The van der Waals surface area contributed by atoms with Crippen molar-refractivity contribution in [3.8, 4) is 5.69 Å². The molecule has 41 heavy (non-hydrogen) atoms. The molecule has 1 saturated heterocycles. The number of aromatic nitrogens is 4. The minimum Gasteiger partial charge on any atom is -0.283 e. The molecule has 0 bridgehead atoms. The number of carbonyl (C=O) groups is 1. The van der Waals surface area contributed by atoms with E-state index >= 15 is 0 Å². The molecule has 3 aromatic heterocycles. The highest BCUT2D eigenvalue weighted by molar-refractivity contribution is 8.27. The summed E-state index contributed by atoms with van der Waals surface area (Å²) in [7, 11) is 1.76.